The Morgan fingerprint density at radius 3 is 1.50 bits per heavy atom. The Bertz CT molecular complexity index is 954. The van der Waals surface area contributed by atoms with Gasteiger partial charge in [-0.3, -0.25) is 4.79 Å². The van der Waals surface area contributed by atoms with E-state index in [2.05, 4.69) is 77.9 Å². The van der Waals surface area contributed by atoms with E-state index in [1.165, 1.54) is 16.7 Å². The highest BCUT2D eigenvalue weighted by molar-refractivity contribution is 5.78. The first kappa shape index (κ1) is 32.2. The van der Waals surface area contributed by atoms with Crippen LogP contribution in [0.2, 0.25) is 0 Å². The third kappa shape index (κ3) is 10.3. The Morgan fingerprint density at radius 1 is 0.658 bits per heavy atom. The van der Waals surface area contributed by atoms with Crippen molar-refractivity contribution in [2.45, 2.75) is 130 Å². The lowest BCUT2D eigenvalue weighted by Gasteiger charge is -2.32. The summed E-state index contributed by atoms with van der Waals surface area (Å²) in [5.41, 5.74) is 4.38. The lowest BCUT2D eigenvalue weighted by Crippen LogP contribution is -2.36. The molecule has 1 atom stereocenters. The molecule has 0 aliphatic carbocycles. The Kier molecular flexibility index (Phi) is 12.7. The van der Waals surface area contributed by atoms with Gasteiger partial charge < -0.3 is 10.2 Å². The quantitative estimate of drug-likeness (QED) is 0.162. The zero-order valence-electron chi connectivity index (χ0n) is 25.2. The lowest BCUT2D eigenvalue weighted by atomic mass is 9.77. The van der Waals surface area contributed by atoms with E-state index >= 15 is 0 Å². The fourth-order valence-corrected chi connectivity index (χ4v) is 5.45. The molecule has 0 bridgehead atoms. The van der Waals surface area contributed by atoms with Gasteiger partial charge in [0.1, 0.15) is 5.78 Å². The van der Waals surface area contributed by atoms with Crippen molar-refractivity contribution in [2.24, 2.45) is 11.8 Å². The van der Waals surface area contributed by atoms with E-state index in [-0.39, 0.29) is 5.41 Å². The number of carbonyl (C=O) groups is 1. The predicted molar refractivity (Wildman–Crippen MR) is 161 cm³/mol. The molecule has 0 saturated carbocycles. The third-order valence-corrected chi connectivity index (χ3v) is 8.12. The number of unbranched alkanes of at least 4 members (excludes halogenated alkanes) is 2. The van der Waals surface area contributed by atoms with E-state index in [4.69, 9.17) is 0 Å². The van der Waals surface area contributed by atoms with Crippen molar-refractivity contribution >= 4 is 5.78 Å². The van der Waals surface area contributed by atoms with Crippen LogP contribution < -0.4 is 0 Å². The van der Waals surface area contributed by atoms with Crippen LogP contribution >= 0.6 is 0 Å². The summed E-state index contributed by atoms with van der Waals surface area (Å²) in [6, 6.07) is 17.4. The van der Waals surface area contributed by atoms with Crippen LogP contribution in [0.15, 0.2) is 48.5 Å². The third-order valence-electron chi connectivity index (χ3n) is 8.12. The molecule has 0 radical (unpaired) electrons. The van der Waals surface area contributed by atoms with E-state index in [1.807, 2.05) is 19.1 Å². The summed E-state index contributed by atoms with van der Waals surface area (Å²) in [6.07, 6.45) is 7.22. The molecule has 3 heteroatoms. The minimum absolute atomic E-state index is 0.113. The molecule has 0 spiro atoms. The van der Waals surface area contributed by atoms with E-state index in [0.29, 0.717) is 36.9 Å². The van der Waals surface area contributed by atoms with Crippen LogP contribution in [0.4, 0.5) is 0 Å². The number of carbonyl (C=O) groups excluding carboxylic acids is 1. The number of rotatable bonds is 17. The van der Waals surface area contributed by atoms with Crippen molar-refractivity contribution < 1.29 is 15.0 Å². The molecule has 0 saturated heterocycles. The molecule has 0 heterocycles. The molecule has 0 aliphatic heterocycles. The number of hydrogen-bond donors (Lipinski definition) is 2. The van der Waals surface area contributed by atoms with Gasteiger partial charge in [-0.25, -0.2) is 0 Å². The zero-order chi connectivity index (χ0) is 28.3. The number of aliphatic hydroxyl groups excluding tert-OH is 1. The summed E-state index contributed by atoms with van der Waals surface area (Å²) in [4.78, 5) is 12.5. The van der Waals surface area contributed by atoms with Gasteiger partial charge in [-0.2, -0.15) is 0 Å². The molecular weight excluding hydrogens is 468 g/mol. The van der Waals surface area contributed by atoms with Gasteiger partial charge in [0.25, 0.3) is 0 Å². The molecule has 0 aliphatic rings. The minimum atomic E-state index is -1.43. The van der Waals surface area contributed by atoms with Gasteiger partial charge in [-0.05, 0) is 78.0 Å². The molecule has 1 unspecified atom stereocenters. The second kappa shape index (κ2) is 15.0. The summed E-state index contributed by atoms with van der Waals surface area (Å²) in [5.74, 6) is 1.58. The second-order valence-electron chi connectivity index (χ2n) is 13.2. The van der Waals surface area contributed by atoms with Crippen molar-refractivity contribution in [3.05, 3.63) is 70.8 Å². The van der Waals surface area contributed by atoms with Crippen LogP contribution in [0.5, 0.6) is 0 Å². The highest BCUT2D eigenvalue weighted by atomic mass is 16.5. The van der Waals surface area contributed by atoms with Crippen LogP contribution in [0, 0.1) is 11.8 Å². The maximum atomic E-state index is 12.5. The van der Waals surface area contributed by atoms with E-state index in [0.717, 1.165) is 50.5 Å². The number of Topliss-reactive ketones (excluding diaryl/α,β-unsaturated/α-hetero) is 1. The summed E-state index contributed by atoms with van der Waals surface area (Å²) in [5, 5.41) is 20.4. The minimum Gasteiger partial charge on any atom is -0.367 e. The molecule has 0 aromatic heterocycles. The van der Waals surface area contributed by atoms with Crippen molar-refractivity contribution in [1.82, 2.24) is 0 Å². The summed E-state index contributed by atoms with van der Waals surface area (Å²) in [6.45, 7) is 15.4. The van der Waals surface area contributed by atoms with Crippen molar-refractivity contribution in [3.8, 4) is 0 Å². The van der Waals surface area contributed by atoms with Crippen LogP contribution in [-0.4, -0.2) is 22.3 Å². The van der Waals surface area contributed by atoms with Crippen LogP contribution in [0.1, 0.15) is 122 Å². The topological polar surface area (TPSA) is 57.5 Å². The molecule has 3 nitrogen and oxygen atoms in total. The van der Waals surface area contributed by atoms with Crippen LogP contribution in [0.25, 0.3) is 0 Å². The van der Waals surface area contributed by atoms with Crippen molar-refractivity contribution in [2.75, 3.05) is 0 Å². The maximum Gasteiger partial charge on any atom is 0.160 e. The molecule has 2 aromatic carbocycles. The summed E-state index contributed by atoms with van der Waals surface area (Å²) in [7, 11) is 0. The van der Waals surface area contributed by atoms with Gasteiger partial charge in [-0.15, -0.1) is 0 Å². The lowest BCUT2D eigenvalue weighted by molar-refractivity contribution is -0.119. The van der Waals surface area contributed by atoms with Crippen molar-refractivity contribution in [3.63, 3.8) is 0 Å². The normalized spacial score (nSPS) is 13.9. The fraction of sp³-hybridized carbons (Fsp3) is 0.629. The summed E-state index contributed by atoms with van der Waals surface area (Å²) < 4.78 is 0. The van der Waals surface area contributed by atoms with Gasteiger partial charge in [0, 0.05) is 18.3 Å². The standard InChI is InChI=1S/C35H54O3/c1-26(2)24-28-14-18-30(19-15-28)34(5,6)22-10-8-12-32(36)13-9-11-23-35(7,33(37)38)31-20-16-29(17-21-31)25-27(3)4/h14-21,26-27,33,37-38H,8-13,22-25H2,1-7H3. The van der Waals surface area contributed by atoms with Gasteiger partial charge in [0.15, 0.2) is 6.29 Å². The smallest absolute Gasteiger partial charge is 0.160 e. The highest BCUT2D eigenvalue weighted by Crippen LogP contribution is 2.33. The average Bonchev–Trinajstić information content (AvgIpc) is 2.84. The monoisotopic (exact) mass is 522 g/mol. The first-order valence-electron chi connectivity index (χ1n) is 14.9. The average molecular weight is 523 g/mol. The largest absolute Gasteiger partial charge is 0.367 e. The fourth-order valence-electron chi connectivity index (χ4n) is 5.45. The van der Waals surface area contributed by atoms with Gasteiger partial charge in [-0.1, -0.05) is 110 Å². The maximum absolute atomic E-state index is 12.5. The molecule has 212 valence electrons. The Labute approximate surface area is 233 Å². The van der Waals surface area contributed by atoms with Crippen LogP contribution in [0.3, 0.4) is 0 Å². The molecule has 2 aromatic rings. The molecule has 0 fully saturated rings. The zero-order valence-corrected chi connectivity index (χ0v) is 25.2. The molecule has 0 amide bonds. The Hall–Kier alpha value is -1.97. The number of hydrogen-bond acceptors (Lipinski definition) is 3. The van der Waals surface area contributed by atoms with Crippen LogP contribution in [-0.2, 0) is 28.5 Å². The number of aliphatic hydroxyl groups is 2. The van der Waals surface area contributed by atoms with Gasteiger partial charge in [0.2, 0.25) is 0 Å². The van der Waals surface area contributed by atoms with Gasteiger partial charge in [0.05, 0.1) is 0 Å². The van der Waals surface area contributed by atoms with Crippen molar-refractivity contribution in [1.29, 1.82) is 0 Å². The van der Waals surface area contributed by atoms with E-state index < -0.39 is 11.7 Å². The van der Waals surface area contributed by atoms with E-state index in [9.17, 15) is 15.0 Å². The van der Waals surface area contributed by atoms with Gasteiger partial charge >= 0.3 is 0 Å². The second-order valence-corrected chi connectivity index (χ2v) is 13.2. The Balaban J connectivity index is 1.73. The first-order valence-corrected chi connectivity index (χ1v) is 14.9. The molecule has 38 heavy (non-hydrogen) atoms. The predicted octanol–water partition coefficient (Wildman–Crippen LogP) is 8.32. The summed E-state index contributed by atoms with van der Waals surface area (Å²) >= 11 is 0. The highest BCUT2D eigenvalue weighted by Gasteiger charge is 2.33. The number of benzene rings is 2. The molecule has 2 rings (SSSR count). The number of ketones is 1. The SMILES string of the molecule is CC(C)Cc1ccc(C(C)(C)CCCCC(=O)CCCCC(C)(c2ccc(CC(C)C)cc2)C(O)O)cc1. The van der Waals surface area contributed by atoms with E-state index in [1.54, 1.807) is 0 Å². The molecular formula is C35H54O3. The molecule has 2 N–H and O–H groups in total. The Morgan fingerprint density at radius 2 is 1.08 bits per heavy atom. The first-order chi connectivity index (χ1) is 17.8.